The Bertz CT molecular complexity index is 778. The van der Waals surface area contributed by atoms with Crippen molar-refractivity contribution in [2.45, 2.75) is 39.8 Å². The lowest BCUT2D eigenvalue weighted by molar-refractivity contribution is -0.140. The molecule has 1 unspecified atom stereocenters. The van der Waals surface area contributed by atoms with E-state index in [9.17, 15) is 19.8 Å². The van der Waals surface area contributed by atoms with Crippen LogP contribution in [0.3, 0.4) is 0 Å². The molecule has 2 aromatic rings. The third-order valence-electron chi connectivity index (χ3n) is 3.89. The minimum absolute atomic E-state index is 0.0331. The molecule has 6 nitrogen and oxygen atoms in total. The molecule has 6 heteroatoms. The van der Waals surface area contributed by atoms with E-state index in [4.69, 9.17) is 4.42 Å². The number of fused-ring (bicyclic) bond motifs is 1. The maximum absolute atomic E-state index is 11.7. The minimum Gasteiger partial charge on any atom is -0.507 e. The van der Waals surface area contributed by atoms with Crippen molar-refractivity contribution in [3.63, 3.8) is 0 Å². The first-order valence-electron chi connectivity index (χ1n) is 7.58. The number of carbonyl (C=O) groups is 1. The van der Waals surface area contributed by atoms with Gasteiger partial charge in [0, 0.05) is 18.0 Å². The quantitative estimate of drug-likeness (QED) is 0.706. The number of aryl methyl sites for hydroxylation is 1. The first-order valence-corrected chi connectivity index (χ1v) is 7.58. The van der Waals surface area contributed by atoms with Gasteiger partial charge >= 0.3 is 11.6 Å². The average molecular weight is 319 g/mol. The van der Waals surface area contributed by atoms with Crippen molar-refractivity contribution >= 4 is 16.9 Å². The zero-order valence-electron chi connectivity index (χ0n) is 13.4. The molecule has 0 aliphatic heterocycles. The summed E-state index contributed by atoms with van der Waals surface area (Å²) in [6, 6.07) is 3.91. The number of carboxylic acid groups (broad SMARTS) is 1. The SMILES string of the molecule is CCc1cc(=O)oc2c(CNC(C(=O)O)C(C)C)c(O)ccc12. The fraction of sp³-hybridized carbons (Fsp3) is 0.412. The molecule has 0 fully saturated rings. The van der Waals surface area contributed by atoms with Crippen molar-refractivity contribution in [3.05, 3.63) is 39.7 Å². The topological polar surface area (TPSA) is 99.8 Å². The van der Waals surface area contributed by atoms with Gasteiger partial charge in [-0.15, -0.1) is 0 Å². The number of aliphatic carboxylic acids is 1. The van der Waals surface area contributed by atoms with Crippen LogP contribution in [-0.4, -0.2) is 22.2 Å². The molecule has 2 rings (SSSR count). The maximum atomic E-state index is 11.7. The highest BCUT2D eigenvalue weighted by molar-refractivity contribution is 5.85. The van der Waals surface area contributed by atoms with Crippen LogP contribution in [0.15, 0.2) is 27.4 Å². The van der Waals surface area contributed by atoms with Crippen LogP contribution >= 0.6 is 0 Å². The van der Waals surface area contributed by atoms with Gasteiger partial charge in [-0.2, -0.15) is 0 Å². The summed E-state index contributed by atoms with van der Waals surface area (Å²) in [7, 11) is 0. The van der Waals surface area contributed by atoms with Crippen LogP contribution in [0.4, 0.5) is 0 Å². The van der Waals surface area contributed by atoms with Crippen LogP contribution in [0.1, 0.15) is 31.9 Å². The van der Waals surface area contributed by atoms with Gasteiger partial charge in [0.2, 0.25) is 0 Å². The second-order valence-corrected chi connectivity index (χ2v) is 5.82. The summed E-state index contributed by atoms with van der Waals surface area (Å²) in [6.45, 7) is 5.61. The van der Waals surface area contributed by atoms with E-state index in [1.54, 1.807) is 19.9 Å². The molecule has 0 saturated heterocycles. The van der Waals surface area contributed by atoms with Crippen LogP contribution in [0.2, 0.25) is 0 Å². The van der Waals surface area contributed by atoms with Crippen molar-refractivity contribution in [1.82, 2.24) is 5.32 Å². The Labute approximate surface area is 133 Å². The van der Waals surface area contributed by atoms with Gasteiger partial charge in [-0.1, -0.05) is 20.8 Å². The van der Waals surface area contributed by atoms with Crippen LogP contribution in [0.5, 0.6) is 5.75 Å². The highest BCUT2D eigenvalue weighted by atomic mass is 16.4. The third kappa shape index (κ3) is 3.53. The lowest BCUT2D eigenvalue weighted by atomic mass is 10.0. The number of hydrogen-bond donors (Lipinski definition) is 3. The number of carboxylic acids is 1. The predicted octanol–water partition coefficient (Wildman–Crippen LogP) is 2.26. The molecule has 0 aliphatic rings. The Hall–Kier alpha value is -2.34. The number of aromatic hydroxyl groups is 1. The number of phenols is 1. The van der Waals surface area contributed by atoms with Gasteiger partial charge in [0.15, 0.2) is 0 Å². The van der Waals surface area contributed by atoms with Crippen molar-refractivity contribution < 1.29 is 19.4 Å². The smallest absolute Gasteiger partial charge is 0.336 e. The number of hydrogen-bond acceptors (Lipinski definition) is 5. The molecule has 1 heterocycles. The normalized spacial score (nSPS) is 12.7. The van der Waals surface area contributed by atoms with Gasteiger partial charge in [-0.25, -0.2) is 4.79 Å². The Morgan fingerprint density at radius 2 is 2.04 bits per heavy atom. The molecule has 1 atom stereocenters. The second-order valence-electron chi connectivity index (χ2n) is 5.82. The van der Waals surface area contributed by atoms with Crippen molar-refractivity contribution in [1.29, 1.82) is 0 Å². The molecular formula is C17H21NO5. The van der Waals surface area contributed by atoms with Gasteiger partial charge in [0.25, 0.3) is 0 Å². The van der Waals surface area contributed by atoms with Crippen molar-refractivity contribution in [3.8, 4) is 5.75 Å². The fourth-order valence-electron chi connectivity index (χ4n) is 2.62. The van der Waals surface area contributed by atoms with Crippen molar-refractivity contribution in [2.75, 3.05) is 0 Å². The molecular weight excluding hydrogens is 298 g/mol. The minimum atomic E-state index is -0.963. The number of rotatable bonds is 6. The molecule has 0 saturated carbocycles. The van der Waals surface area contributed by atoms with Crippen LogP contribution in [0.25, 0.3) is 11.0 Å². The maximum Gasteiger partial charge on any atom is 0.336 e. The molecule has 0 aliphatic carbocycles. The molecule has 0 bridgehead atoms. The summed E-state index contributed by atoms with van der Waals surface area (Å²) < 4.78 is 5.27. The largest absolute Gasteiger partial charge is 0.507 e. The Morgan fingerprint density at radius 3 is 2.61 bits per heavy atom. The van der Waals surface area contributed by atoms with E-state index in [1.807, 2.05) is 6.92 Å². The Balaban J connectivity index is 2.47. The van der Waals surface area contributed by atoms with Crippen molar-refractivity contribution in [2.24, 2.45) is 5.92 Å². The van der Waals surface area contributed by atoms with E-state index in [0.717, 1.165) is 10.9 Å². The average Bonchev–Trinajstić information content (AvgIpc) is 2.47. The highest BCUT2D eigenvalue weighted by Crippen LogP contribution is 2.28. The van der Waals surface area contributed by atoms with E-state index in [2.05, 4.69) is 5.32 Å². The number of nitrogens with one attached hydrogen (secondary N) is 1. The second kappa shape index (κ2) is 6.83. The summed E-state index contributed by atoms with van der Waals surface area (Å²) in [6.07, 6.45) is 0.656. The van der Waals surface area contributed by atoms with Crippen LogP contribution < -0.4 is 10.9 Å². The lowest BCUT2D eigenvalue weighted by Crippen LogP contribution is -2.40. The van der Waals surface area contributed by atoms with Gasteiger partial charge in [-0.3, -0.25) is 10.1 Å². The fourth-order valence-corrected chi connectivity index (χ4v) is 2.62. The van der Waals surface area contributed by atoms with Gasteiger partial charge in [-0.05, 0) is 30.0 Å². The summed E-state index contributed by atoms with van der Waals surface area (Å²) in [4.78, 5) is 23.0. The molecule has 1 aromatic heterocycles. The lowest BCUT2D eigenvalue weighted by Gasteiger charge is -2.19. The zero-order valence-corrected chi connectivity index (χ0v) is 13.4. The molecule has 1 aromatic carbocycles. The van der Waals surface area contributed by atoms with E-state index in [1.165, 1.54) is 12.1 Å². The van der Waals surface area contributed by atoms with E-state index < -0.39 is 17.6 Å². The number of phenolic OH excluding ortho intramolecular Hbond substituents is 1. The summed E-state index contributed by atoms with van der Waals surface area (Å²) in [5.41, 5.74) is 1.03. The molecule has 3 N–H and O–H groups in total. The van der Waals surface area contributed by atoms with E-state index in [0.29, 0.717) is 17.6 Å². The molecule has 0 radical (unpaired) electrons. The monoisotopic (exact) mass is 319 g/mol. The zero-order chi connectivity index (χ0) is 17.1. The Kier molecular flexibility index (Phi) is 5.05. The van der Waals surface area contributed by atoms with E-state index in [-0.39, 0.29) is 18.2 Å². The van der Waals surface area contributed by atoms with E-state index >= 15 is 0 Å². The molecule has 23 heavy (non-hydrogen) atoms. The highest BCUT2D eigenvalue weighted by Gasteiger charge is 2.22. The molecule has 0 spiro atoms. The summed E-state index contributed by atoms with van der Waals surface area (Å²) in [5, 5.41) is 23.0. The van der Waals surface area contributed by atoms with Gasteiger partial charge in [0.05, 0.1) is 5.56 Å². The summed E-state index contributed by atoms with van der Waals surface area (Å²) >= 11 is 0. The predicted molar refractivity (Wildman–Crippen MR) is 86.6 cm³/mol. The summed E-state index contributed by atoms with van der Waals surface area (Å²) in [5.74, 6) is -1.12. The standard InChI is InChI=1S/C17H21NO5/c1-4-10-7-14(20)23-16-11(10)5-6-13(19)12(16)8-18-15(9(2)3)17(21)22/h5-7,9,15,18-19H,4,8H2,1-3H3,(H,21,22). The molecule has 0 amide bonds. The first kappa shape index (κ1) is 17.0. The number of benzene rings is 1. The molecule has 124 valence electrons. The third-order valence-corrected chi connectivity index (χ3v) is 3.89. The van der Waals surface area contributed by atoms with Gasteiger partial charge < -0.3 is 14.6 Å². The van der Waals surface area contributed by atoms with Gasteiger partial charge in [0.1, 0.15) is 17.4 Å². The first-order chi connectivity index (χ1) is 10.8. The van der Waals surface area contributed by atoms with Crippen LogP contribution in [-0.2, 0) is 17.8 Å². The Morgan fingerprint density at radius 1 is 1.35 bits per heavy atom. The van der Waals surface area contributed by atoms with Crippen LogP contribution in [0, 0.1) is 5.92 Å².